The van der Waals surface area contributed by atoms with Crippen molar-refractivity contribution in [2.75, 3.05) is 18.4 Å². The fourth-order valence-electron chi connectivity index (χ4n) is 3.56. The van der Waals surface area contributed by atoms with Gasteiger partial charge in [0.05, 0.1) is 0 Å². The third-order valence-electron chi connectivity index (χ3n) is 5.28. The van der Waals surface area contributed by atoms with Gasteiger partial charge in [0.2, 0.25) is 5.89 Å². The molecule has 0 saturated carbocycles. The Morgan fingerprint density at radius 1 is 1.23 bits per heavy atom. The van der Waals surface area contributed by atoms with E-state index < -0.39 is 0 Å². The highest BCUT2D eigenvalue weighted by molar-refractivity contribution is 5.87. The van der Waals surface area contributed by atoms with Gasteiger partial charge >= 0.3 is 12.0 Å². The number of nitrogens with zero attached hydrogens (tertiary/aromatic N) is 3. The number of benzene rings is 2. The molecule has 0 bridgehead atoms. The lowest BCUT2D eigenvalue weighted by molar-refractivity contribution is 0.197. The zero-order chi connectivity index (χ0) is 21.1. The molecule has 1 saturated heterocycles. The van der Waals surface area contributed by atoms with Gasteiger partial charge in [0.25, 0.3) is 0 Å². The smallest absolute Gasteiger partial charge is 0.325 e. The first kappa shape index (κ1) is 19.8. The van der Waals surface area contributed by atoms with Crippen molar-refractivity contribution in [3.8, 4) is 11.5 Å². The molecule has 0 aliphatic carbocycles. The van der Waals surface area contributed by atoms with E-state index in [4.69, 9.17) is 4.42 Å². The zero-order valence-corrected chi connectivity index (χ0v) is 16.9. The monoisotopic (exact) mass is 406 g/mol. The molecule has 1 aliphatic rings. The highest BCUT2D eigenvalue weighted by Gasteiger charge is 2.25. The summed E-state index contributed by atoms with van der Waals surface area (Å²) in [5, 5.41) is 10.6. The second-order valence-corrected chi connectivity index (χ2v) is 7.53. The van der Waals surface area contributed by atoms with Crippen molar-refractivity contribution < 1.29 is 13.6 Å². The summed E-state index contributed by atoms with van der Waals surface area (Å²) in [5.74, 6) is 0.350. The molecule has 0 radical (unpaired) electrons. The minimum atomic E-state index is -0.262. The quantitative estimate of drug-likeness (QED) is 0.654. The molecule has 2 aromatic carbocycles. The maximum Gasteiger partial charge on any atom is 0.325 e. The average Bonchev–Trinajstić information content (AvgIpc) is 3.21. The van der Waals surface area contributed by atoms with Crippen LogP contribution in [0.1, 0.15) is 24.5 Å². The Labute approximate surface area is 174 Å². The Bertz CT molecular complexity index is 1080. The van der Waals surface area contributed by atoms with E-state index in [1.807, 2.05) is 36.4 Å². The highest BCUT2D eigenvalue weighted by Crippen LogP contribution is 2.26. The molecule has 3 aromatic rings. The molecule has 154 valence electrons. The van der Waals surface area contributed by atoms with Gasteiger partial charge in [-0.25, -0.2) is 9.18 Å². The highest BCUT2D eigenvalue weighted by atomic mass is 19.1. The first-order chi connectivity index (χ1) is 14.5. The first-order valence-corrected chi connectivity index (χ1v) is 9.91. The van der Waals surface area contributed by atoms with Crippen molar-refractivity contribution in [1.29, 1.82) is 0 Å². The summed E-state index contributed by atoms with van der Waals surface area (Å²) in [7, 11) is 0. The molecule has 1 unspecified atom stereocenters. The summed E-state index contributed by atoms with van der Waals surface area (Å²) in [5.41, 5.74) is 3.65. The lowest BCUT2D eigenvalue weighted by Crippen LogP contribution is -2.42. The molecule has 1 aliphatic heterocycles. The number of aromatic nitrogens is 2. The minimum Gasteiger partial charge on any atom is -0.403 e. The molecular weight excluding hydrogens is 383 g/mol. The Hall–Kier alpha value is -3.48. The van der Waals surface area contributed by atoms with Gasteiger partial charge in [0, 0.05) is 18.7 Å². The molecule has 7 heteroatoms. The number of carbonyl (C=O) groups is 1. The maximum absolute atomic E-state index is 13.5. The number of amides is 2. The number of nitrogens with one attached hydrogen (secondary N) is 1. The van der Waals surface area contributed by atoms with Gasteiger partial charge in [-0.1, -0.05) is 47.9 Å². The fourth-order valence-corrected chi connectivity index (χ4v) is 3.56. The number of aryl methyl sites for hydroxylation is 1. The normalized spacial score (nSPS) is 17.9. The molecule has 2 heterocycles. The minimum absolute atomic E-state index is 0.0784. The summed E-state index contributed by atoms with van der Waals surface area (Å²) in [6.07, 6.45) is 2.85. The molecule has 1 atom stereocenters. The second kappa shape index (κ2) is 8.49. The molecule has 1 fully saturated rings. The molecule has 4 rings (SSSR count). The summed E-state index contributed by atoms with van der Waals surface area (Å²) in [6, 6.07) is 14.3. The van der Waals surface area contributed by atoms with Crippen molar-refractivity contribution in [3.05, 3.63) is 71.0 Å². The van der Waals surface area contributed by atoms with E-state index in [2.05, 4.69) is 28.5 Å². The summed E-state index contributed by atoms with van der Waals surface area (Å²) in [6.45, 7) is 5.01. The van der Waals surface area contributed by atoms with Crippen LogP contribution in [0.4, 0.5) is 15.2 Å². The van der Waals surface area contributed by atoms with Gasteiger partial charge in [-0.05, 0) is 54.7 Å². The first-order valence-electron chi connectivity index (χ1n) is 9.91. The number of hydrogen-bond donors (Lipinski definition) is 1. The number of anilines is 1. The van der Waals surface area contributed by atoms with Crippen molar-refractivity contribution in [2.24, 2.45) is 5.92 Å². The number of carbonyl (C=O) groups excluding carboxylic acids is 1. The zero-order valence-electron chi connectivity index (χ0n) is 16.9. The van der Waals surface area contributed by atoms with Crippen LogP contribution in [0.25, 0.3) is 17.5 Å². The van der Waals surface area contributed by atoms with Crippen molar-refractivity contribution in [3.63, 3.8) is 0 Å². The predicted molar refractivity (Wildman–Crippen MR) is 113 cm³/mol. The van der Waals surface area contributed by atoms with Crippen LogP contribution >= 0.6 is 0 Å². The Morgan fingerprint density at radius 3 is 2.77 bits per heavy atom. The van der Waals surface area contributed by atoms with E-state index in [1.54, 1.807) is 17.9 Å². The van der Waals surface area contributed by atoms with Gasteiger partial charge < -0.3 is 9.32 Å². The van der Waals surface area contributed by atoms with Gasteiger partial charge in [-0.2, -0.15) is 0 Å². The Kier molecular flexibility index (Phi) is 5.61. The van der Waals surface area contributed by atoms with Crippen LogP contribution in [-0.2, 0) is 0 Å². The van der Waals surface area contributed by atoms with Crippen LogP contribution in [-0.4, -0.2) is 34.2 Å². The van der Waals surface area contributed by atoms with Crippen LogP contribution in [0.2, 0.25) is 0 Å². The van der Waals surface area contributed by atoms with E-state index in [0.29, 0.717) is 24.5 Å². The van der Waals surface area contributed by atoms with Gasteiger partial charge in [0.1, 0.15) is 5.82 Å². The lowest BCUT2D eigenvalue weighted by atomic mass is 9.91. The number of rotatable bonds is 3. The summed E-state index contributed by atoms with van der Waals surface area (Å²) in [4.78, 5) is 14.4. The molecule has 0 spiro atoms. The van der Waals surface area contributed by atoms with Crippen LogP contribution < -0.4 is 5.32 Å². The van der Waals surface area contributed by atoms with Gasteiger partial charge in [-0.3, -0.25) is 5.32 Å². The molecule has 1 N–H and O–H groups in total. The number of likely N-dealkylation sites (tertiary alicyclic amines) is 1. The molecule has 2 amide bonds. The van der Waals surface area contributed by atoms with Crippen molar-refractivity contribution in [1.82, 2.24) is 15.1 Å². The fraction of sp³-hybridized carbons (Fsp3) is 0.261. The van der Waals surface area contributed by atoms with Crippen molar-refractivity contribution in [2.45, 2.75) is 20.3 Å². The van der Waals surface area contributed by atoms with Crippen LogP contribution in [0, 0.1) is 18.7 Å². The maximum atomic E-state index is 13.5. The van der Waals surface area contributed by atoms with E-state index in [1.165, 1.54) is 11.6 Å². The van der Waals surface area contributed by atoms with Crippen LogP contribution in [0.3, 0.4) is 0 Å². The van der Waals surface area contributed by atoms with Crippen LogP contribution in [0.5, 0.6) is 0 Å². The van der Waals surface area contributed by atoms with E-state index in [-0.39, 0.29) is 23.8 Å². The Balaban J connectivity index is 1.38. The standard InChI is InChI=1S/C23H23FN4O2/c1-15-12-17(8-9-20(15)24)13-19-10-11-28(14-16(19)2)23(29)25-22-27-26-21(30-22)18-6-4-3-5-7-18/h3-9,12-13,16H,10-11,14H2,1-2H3,(H,25,27,29)/b19-13+. The van der Waals surface area contributed by atoms with E-state index in [9.17, 15) is 9.18 Å². The molecule has 6 nitrogen and oxygen atoms in total. The average molecular weight is 406 g/mol. The largest absolute Gasteiger partial charge is 0.403 e. The molecule has 30 heavy (non-hydrogen) atoms. The van der Waals surface area contributed by atoms with Crippen molar-refractivity contribution >= 4 is 18.1 Å². The Morgan fingerprint density at radius 2 is 2.03 bits per heavy atom. The number of urea groups is 1. The predicted octanol–water partition coefficient (Wildman–Crippen LogP) is 5.14. The van der Waals surface area contributed by atoms with Crippen LogP contribution in [0.15, 0.2) is 58.5 Å². The second-order valence-electron chi connectivity index (χ2n) is 7.53. The number of halogens is 1. The SMILES string of the molecule is Cc1cc(/C=C2\CCN(C(=O)Nc3nnc(-c4ccccc4)o3)CC2C)ccc1F. The summed E-state index contributed by atoms with van der Waals surface area (Å²) < 4.78 is 19.0. The topological polar surface area (TPSA) is 71.3 Å². The van der Waals surface area contributed by atoms with Gasteiger partial charge in [0.15, 0.2) is 0 Å². The number of piperidine rings is 1. The molecule has 1 aromatic heterocycles. The third kappa shape index (κ3) is 4.40. The van der Waals surface area contributed by atoms with Gasteiger partial charge in [-0.15, -0.1) is 5.10 Å². The number of hydrogen-bond acceptors (Lipinski definition) is 4. The molecular formula is C23H23FN4O2. The van der Waals surface area contributed by atoms with E-state index in [0.717, 1.165) is 17.5 Å². The third-order valence-corrected chi connectivity index (χ3v) is 5.28. The summed E-state index contributed by atoms with van der Waals surface area (Å²) >= 11 is 0. The van der Waals surface area contributed by atoms with E-state index >= 15 is 0 Å². The lowest BCUT2D eigenvalue weighted by Gasteiger charge is -2.32.